The molecule has 1 aliphatic heterocycles. The van der Waals surface area contributed by atoms with Crippen molar-refractivity contribution < 1.29 is 4.79 Å². The van der Waals surface area contributed by atoms with Crippen LogP contribution in [0, 0.1) is 0 Å². The molecule has 2 nitrogen and oxygen atoms in total. The third kappa shape index (κ3) is 2.81. The minimum atomic E-state index is 0.0513. The predicted octanol–water partition coefficient (Wildman–Crippen LogP) is 4.90. The number of thioether (sulfide) groups is 1. The molecular weight excluding hydrogens is 313 g/mol. The highest BCUT2D eigenvalue weighted by atomic mass is 35.5. The molecule has 0 aromatic heterocycles. The Morgan fingerprint density at radius 1 is 1.15 bits per heavy atom. The van der Waals surface area contributed by atoms with Crippen LogP contribution in [-0.4, -0.2) is 22.6 Å². The fraction of sp³-hybridized carbons (Fsp3) is 0.533. The van der Waals surface area contributed by atoms with Gasteiger partial charge in [-0.25, -0.2) is 0 Å². The van der Waals surface area contributed by atoms with Gasteiger partial charge in [0.25, 0.3) is 0 Å². The molecule has 3 rings (SSSR count). The zero-order valence-corrected chi connectivity index (χ0v) is 13.5. The van der Waals surface area contributed by atoms with E-state index in [1.165, 1.54) is 19.3 Å². The van der Waals surface area contributed by atoms with E-state index in [2.05, 4.69) is 4.90 Å². The van der Waals surface area contributed by atoms with Crippen molar-refractivity contribution >= 4 is 40.9 Å². The van der Waals surface area contributed by atoms with Crippen LogP contribution in [-0.2, 0) is 4.79 Å². The molecule has 108 valence electrons. The van der Waals surface area contributed by atoms with E-state index in [0.717, 1.165) is 18.4 Å². The summed E-state index contributed by atoms with van der Waals surface area (Å²) in [5.74, 6) is 0.804. The summed E-state index contributed by atoms with van der Waals surface area (Å²) >= 11 is 14.0. The first-order valence-corrected chi connectivity index (χ1v) is 8.85. The summed E-state index contributed by atoms with van der Waals surface area (Å²) in [5.41, 5.74) is 1.01. The van der Waals surface area contributed by atoms with E-state index in [4.69, 9.17) is 23.2 Å². The van der Waals surface area contributed by atoms with Gasteiger partial charge in [-0.15, -0.1) is 11.8 Å². The number of carbonyl (C=O) groups is 1. The lowest BCUT2D eigenvalue weighted by Crippen LogP contribution is -2.39. The summed E-state index contributed by atoms with van der Waals surface area (Å²) in [4.78, 5) is 14.3. The van der Waals surface area contributed by atoms with E-state index in [9.17, 15) is 4.79 Å². The molecular formula is C15H17Cl2NOS. The molecule has 2 fully saturated rings. The highest BCUT2D eigenvalue weighted by molar-refractivity contribution is 8.00. The number of nitrogens with zero attached hydrogens (tertiary/aromatic N) is 1. The first-order valence-electron chi connectivity index (χ1n) is 7.04. The summed E-state index contributed by atoms with van der Waals surface area (Å²) in [6, 6.07) is 5.95. The monoisotopic (exact) mass is 329 g/mol. The molecule has 0 bridgehead atoms. The number of halogens is 2. The molecule has 1 aromatic carbocycles. The Balaban J connectivity index is 1.88. The topological polar surface area (TPSA) is 20.3 Å². The summed E-state index contributed by atoms with van der Waals surface area (Å²) in [6.07, 6.45) is 5.97. The molecule has 0 radical (unpaired) electrons. The first-order chi connectivity index (χ1) is 9.66. The number of rotatable bonds is 2. The van der Waals surface area contributed by atoms with E-state index in [1.54, 1.807) is 17.8 Å². The van der Waals surface area contributed by atoms with Crippen molar-refractivity contribution in [3.05, 3.63) is 33.8 Å². The van der Waals surface area contributed by atoms with Gasteiger partial charge in [-0.05, 0) is 25.0 Å². The lowest BCUT2D eigenvalue weighted by Gasteiger charge is -2.35. The lowest BCUT2D eigenvalue weighted by molar-refractivity contribution is -0.131. The summed E-state index contributed by atoms with van der Waals surface area (Å²) < 4.78 is 0. The Kier molecular flexibility index (Phi) is 4.49. The van der Waals surface area contributed by atoms with E-state index < -0.39 is 0 Å². The second-order valence-corrected chi connectivity index (χ2v) is 7.33. The maximum atomic E-state index is 12.3. The normalized spacial score (nSPS) is 24.4. The van der Waals surface area contributed by atoms with Crippen LogP contribution in [0.5, 0.6) is 0 Å². The maximum Gasteiger partial charge on any atom is 0.234 e. The second kappa shape index (κ2) is 6.17. The van der Waals surface area contributed by atoms with Gasteiger partial charge in [-0.2, -0.15) is 0 Å². The van der Waals surface area contributed by atoms with E-state index in [1.807, 2.05) is 12.1 Å². The van der Waals surface area contributed by atoms with Gasteiger partial charge in [0.2, 0.25) is 5.91 Å². The van der Waals surface area contributed by atoms with Crippen LogP contribution in [0.3, 0.4) is 0 Å². The molecule has 20 heavy (non-hydrogen) atoms. The predicted molar refractivity (Wildman–Crippen MR) is 85.4 cm³/mol. The lowest BCUT2D eigenvalue weighted by atomic mass is 9.93. The first kappa shape index (κ1) is 14.6. The van der Waals surface area contributed by atoms with Gasteiger partial charge >= 0.3 is 0 Å². The highest BCUT2D eigenvalue weighted by Gasteiger charge is 2.38. The highest BCUT2D eigenvalue weighted by Crippen LogP contribution is 2.45. The fourth-order valence-electron chi connectivity index (χ4n) is 3.13. The number of benzene rings is 1. The fourth-order valence-corrected chi connectivity index (χ4v) is 4.99. The quantitative estimate of drug-likeness (QED) is 0.769. The Hall–Kier alpha value is -0.380. The summed E-state index contributed by atoms with van der Waals surface area (Å²) in [6.45, 7) is 0. The van der Waals surface area contributed by atoms with Crippen molar-refractivity contribution in [3.8, 4) is 0 Å². The average molecular weight is 330 g/mol. The van der Waals surface area contributed by atoms with Crippen molar-refractivity contribution in [3.63, 3.8) is 0 Å². The molecule has 0 unspecified atom stereocenters. The van der Waals surface area contributed by atoms with Gasteiger partial charge in [-0.3, -0.25) is 4.79 Å². The molecule has 1 saturated carbocycles. The van der Waals surface area contributed by atoms with E-state index in [0.29, 0.717) is 21.8 Å². The Bertz CT molecular complexity index is 517. The molecule has 1 atom stereocenters. The van der Waals surface area contributed by atoms with Crippen molar-refractivity contribution in [2.24, 2.45) is 0 Å². The van der Waals surface area contributed by atoms with Gasteiger partial charge in [0, 0.05) is 21.7 Å². The Morgan fingerprint density at radius 3 is 2.60 bits per heavy atom. The molecule has 2 aliphatic rings. The van der Waals surface area contributed by atoms with Crippen LogP contribution in [0.4, 0.5) is 0 Å². The van der Waals surface area contributed by atoms with Crippen molar-refractivity contribution in [2.45, 2.75) is 43.5 Å². The minimum Gasteiger partial charge on any atom is -0.323 e. The van der Waals surface area contributed by atoms with Gasteiger partial charge in [0.05, 0.1) is 5.75 Å². The number of hydrogen-bond donors (Lipinski definition) is 0. The zero-order valence-electron chi connectivity index (χ0n) is 11.1. The molecule has 0 spiro atoms. The number of amides is 1. The van der Waals surface area contributed by atoms with Gasteiger partial charge in [-0.1, -0.05) is 48.5 Å². The van der Waals surface area contributed by atoms with Crippen LogP contribution in [0.15, 0.2) is 18.2 Å². The SMILES string of the molecule is O=C1CS[C@H](c2ccc(Cl)cc2Cl)N1C1CCCCC1. The van der Waals surface area contributed by atoms with Crippen molar-refractivity contribution in [1.29, 1.82) is 0 Å². The van der Waals surface area contributed by atoms with Gasteiger partial charge < -0.3 is 4.90 Å². The van der Waals surface area contributed by atoms with E-state index in [-0.39, 0.29) is 11.3 Å². The molecule has 1 aliphatic carbocycles. The number of carbonyl (C=O) groups excluding carboxylic acids is 1. The van der Waals surface area contributed by atoms with Gasteiger partial charge in [0.15, 0.2) is 0 Å². The maximum absolute atomic E-state index is 12.3. The number of hydrogen-bond acceptors (Lipinski definition) is 2. The molecule has 1 aromatic rings. The van der Waals surface area contributed by atoms with E-state index >= 15 is 0 Å². The summed E-state index contributed by atoms with van der Waals surface area (Å²) in [5, 5.41) is 1.35. The minimum absolute atomic E-state index is 0.0513. The van der Waals surface area contributed by atoms with Crippen LogP contribution in [0.2, 0.25) is 10.0 Å². The van der Waals surface area contributed by atoms with Crippen LogP contribution >= 0.6 is 35.0 Å². The largest absolute Gasteiger partial charge is 0.323 e. The average Bonchev–Trinajstić information content (AvgIpc) is 2.81. The molecule has 1 saturated heterocycles. The Labute approximate surface area is 133 Å². The van der Waals surface area contributed by atoms with Crippen molar-refractivity contribution in [2.75, 3.05) is 5.75 Å². The van der Waals surface area contributed by atoms with Crippen molar-refractivity contribution in [1.82, 2.24) is 4.90 Å². The van der Waals surface area contributed by atoms with Crippen LogP contribution < -0.4 is 0 Å². The Morgan fingerprint density at radius 2 is 1.90 bits per heavy atom. The summed E-state index contributed by atoms with van der Waals surface area (Å²) in [7, 11) is 0. The molecule has 5 heteroatoms. The second-order valence-electron chi connectivity index (χ2n) is 5.42. The van der Waals surface area contributed by atoms with Crippen LogP contribution in [0.1, 0.15) is 43.0 Å². The van der Waals surface area contributed by atoms with Gasteiger partial charge in [0.1, 0.15) is 5.37 Å². The third-order valence-corrected chi connectivity index (χ3v) is 5.87. The smallest absolute Gasteiger partial charge is 0.234 e. The standard InChI is InChI=1S/C15H17Cl2NOS/c16-10-6-7-12(13(17)8-10)15-18(14(19)9-20-15)11-4-2-1-3-5-11/h6-8,11,15H,1-5,9H2/t15-/m1/s1. The van der Waals surface area contributed by atoms with Crippen LogP contribution in [0.25, 0.3) is 0 Å². The molecule has 1 heterocycles. The molecule has 0 N–H and O–H groups in total. The molecule has 1 amide bonds. The third-order valence-electron chi connectivity index (χ3n) is 4.10. The zero-order chi connectivity index (χ0) is 14.1.